The fourth-order valence-corrected chi connectivity index (χ4v) is 1.69. The second-order valence-corrected chi connectivity index (χ2v) is 3.60. The molecule has 0 bridgehead atoms. The zero-order valence-electron chi connectivity index (χ0n) is 8.66. The summed E-state index contributed by atoms with van der Waals surface area (Å²) in [5.74, 6) is 1.82. The first kappa shape index (κ1) is 9.61. The highest BCUT2D eigenvalue weighted by atomic mass is 16.5. The van der Waals surface area contributed by atoms with E-state index in [1.54, 1.807) is 0 Å². The van der Waals surface area contributed by atoms with Crippen LogP contribution in [-0.4, -0.2) is 40.6 Å². The van der Waals surface area contributed by atoms with Gasteiger partial charge in [0.2, 0.25) is 0 Å². The van der Waals surface area contributed by atoms with E-state index in [1.165, 1.54) is 0 Å². The van der Waals surface area contributed by atoms with Crippen LogP contribution in [0.4, 0.5) is 0 Å². The Kier molecular flexibility index (Phi) is 2.79. The first-order chi connectivity index (χ1) is 6.75. The van der Waals surface area contributed by atoms with Crippen molar-refractivity contribution in [1.29, 1.82) is 0 Å². The number of aromatic nitrogens is 3. The summed E-state index contributed by atoms with van der Waals surface area (Å²) in [5.41, 5.74) is 0. The summed E-state index contributed by atoms with van der Waals surface area (Å²) in [4.78, 5) is 4.35. The molecular weight excluding hydrogens is 180 g/mol. The fraction of sp³-hybridized carbons (Fsp3) is 0.778. The van der Waals surface area contributed by atoms with Crippen LogP contribution in [0.25, 0.3) is 0 Å². The molecule has 5 nitrogen and oxygen atoms in total. The third-order valence-corrected chi connectivity index (χ3v) is 2.37. The van der Waals surface area contributed by atoms with E-state index in [1.807, 2.05) is 18.7 Å². The molecular formula is C9H16N4O. The van der Waals surface area contributed by atoms with Crippen molar-refractivity contribution in [2.75, 3.05) is 19.7 Å². The Morgan fingerprint density at radius 1 is 1.64 bits per heavy atom. The Labute approximate surface area is 83.5 Å². The van der Waals surface area contributed by atoms with E-state index < -0.39 is 0 Å². The first-order valence-corrected chi connectivity index (χ1v) is 4.94. The number of hydrogen-bond donors (Lipinski definition) is 1. The zero-order chi connectivity index (χ0) is 9.97. The molecule has 0 radical (unpaired) electrons. The van der Waals surface area contributed by atoms with E-state index in [4.69, 9.17) is 4.74 Å². The van der Waals surface area contributed by atoms with Gasteiger partial charge in [0.25, 0.3) is 0 Å². The lowest BCUT2D eigenvalue weighted by molar-refractivity contribution is 0.0275. The van der Waals surface area contributed by atoms with Gasteiger partial charge in [0.05, 0.1) is 12.7 Å². The minimum absolute atomic E-state index is 0.242. The lowest BCUT2D eigenvalue weighted by atomic mass is 10.2. The van der Waals surface area contributed by atoms with Crippen LogP contribution in [-0.2, 0) is 18.2 Å². The molecule has 0 aromatic carbocycles. The van der Waals surface area contributed by atoms with Crippen LogP contribution in [0.1, 0.15) is 11.6 Å². The molecule has 0 aliphatic carbocycles. The van der Waals surface area contributed by atoms with Gasteiger partial charge in [-0.3, -0.25) is 4.68 Å². The summed E-state index contributed by atoms with van der Waals surface area (Å²) < 4.78 is 7.43. The van der Waals surface area contributed by atoms with E-state index in [9.17, 15) is 0 Å². The van der Waals surface area contributed by atoms with Gasteiger partial charge in [0, 0.05) is 26.6 Å². The minimum atomic E-state index is 0.242. The highest BCUT2D eigenvalue weighted by Gasteiger charge is 2.16. The molecule has 0 saturated carbocycles. The number of morpholine rings is 1. The largest absolute Gasteiger partial charge is 0.375 e. The van der Waals surface area contributed by atoms with Crippen LogP contribution >= 0.6 is 0 Å². The third-order valence-electron chi connectivity index (χ3n) is 2.37. The van der Waals surface area contributed by atoms with Gasteiger partial charge in [-0.25, -0.2) is 4.98 Å². The number of rotatable bonds is 2. The van der Waals surface area contributed by atoms with Crippen LogP contribution < -0.4 is 5.32 Å². The summed E-state index contributed by atoms with van der Waals surface area (Å²) in [5, 5.41) is 7.51. The summed E-state index contributed by atoms with van der Waals surface area (Å²) in [6, 6.07) is 0. The average molecular weight is 196 g/mol. The van der Waals surface area contributed by atoms with Gasteiger partial charge < -0.3 is 10.1 Å². The van der Waals surface area contributed by atoms with Crippen molar-refractivity contribution in [1.82, 2.24) is 20.1 Å². The number of nitrogens with zero attached hydrogens (tertiary/aromatic N) is 3. The maximum absolute atomic E-state index is 5.60. The molecule has 0 amide bonds. The predicted octanol–water partition coefficient (Wildman–Crippen LogP) is -0.346. The SMILES string of the molecule is Cc1nc(CC2CNCCO2)n(C)n1. The lowest BCUT2D eigenvalue weighted by Gasteiger charge is -2.22. The molecule has 1 atom stereocenters. The molecule has 1 N–H and O–H groups in total. The average Bonchev–Trinajstić information content (AvgIpc) is 2.47. The quantitative estimate of drug-likeness (QED) is 0.702. The van der Waals surface area contributed by atoms with Gasteiger partial charge in [-0.05, 0) is 6.92 Å². The topological polar surface area (TPSA) is 52.0 Å². The molecule has 1 fully saturated rings. The molecule has 1 aromatic heterocycles. The van der Waals surface area contributed by atoms with E-state index in [2.05, 4.69) is 15.4 Å². The highest BCUT2D eigenvalue weighted by Crippen LogP contribution is 2.05. The predicted molar refractivity (Wildman–Crippen MR) is 52.1 cm³/mol. The Morgan fingerprint density at radius 2 is 2.50 bits per heavy atom. The third kappa shape index (κ3) is 2.10. The zero-order valence-corrected chi connectivity index (χ0v) is 8.66. The lowest BCUT2D eigenvalue weighted by Crippen LogP contribution is -2.40. The van der Waals surface area contributed by atoms with E-state index in [0.29, 0.717) is 0 Å². The number of aryl methyl sites for hydroxylation is 2. The smallest absolute Gasteiger partial charge is 0.147 e. The van der Waals surface area contributed by atoms with Gasteiger partial charge in [-0.2, -0.15) is 5.10 Å². The van der Waals surface area contributed by atoms with Crippen LogP contribution in [0.15, 0.2) is 0 Å². The molecule has 1 aliphatic rings. The standard InChI is InChI=1S/C9H16N4O/c1-7-11-9(13(2)12-7)5-8-6-10-3-4-14-8/h8,10H,3-6H2,1-2H3. The summed E-state index contributed by atoms with van der Waals surface area (Å²) in [7, 11) is 1.92. The van der Waals surface area contributed by atoms with E-state index >= 15 is 0 Å². The Bertz CT molecular complexity index is 304. The molecule has 14 heavy (non-hydrogen) atoms. The molecule has 1 aromatic rings. The molecule has 1 aliphatic heterocycles. The normalized spacial score (nSPS) is 22.6. The first-order valence-electron chi connectivity index (χ1n) is 4.94. The fourth-order valence-electron chi connectivity index (χ4n) is 1.69. The Hall–Kier alpha value is -0.940. The van der Waals surface area contributed by atoms with Crippen molar-refractivity contribution in [2.24, 2.45) is 7.05 Å². The Morgan fingerprint density at radius 3 is 3.07 bits per heavy atom. The van der Waals surface area contributed by atoms with Crippen molar-refractivity contribution in [3.05, 3.63) is 11.6 Å². The van der Waals surface area contributed by atoms with Gasteiger partial charge in [0.15, 0.2) is 0 Å². The van der Waals surface area contributed by atoms with Crippen molar-refractivity contribution >= 4 is 0 Å². The van der Waals surface area contributed by atoms with Crippen molar-refractivity contribution < 1.29 is 4.74 Å². The maximum atomic E-state index is 5.60. The Balaban J connectivity index is 1.98. The van der Waals surface area contributed by atoms with Crippen molar-refractivity contribution in [3.8, 4) is 0 Å². The van der Waals surface area contributed by atoms with E-state index in [-0.39, 0.29) is 6.10 Å². The van der Waals surface area contributed by atoms with E-state index in [0.717, 1.165) is 37.8 Å². The van der Waals surface area contributed by atoms with Crippen LogP contribution in [0.3, 0.4) is 0 Å². The van der Waals surface area contributed by atoms with Crippen molar-refractivity contribution in [3.63, 3.8) is 0 Å². The molecule has 78 valence electrons. The summed E-state index contributed by atoms with van der Waals surface area (Å²) in [6.45, 7) is 4.56. The summed E-state index contributed by atoms with van der Waals surface area (Å²) in [6.07, 6.45) is 1.08. The highest BCUT2D eigenvalue weighted by molar-refractivity contribution is 4.93. The van der Waals surface area contributed by atoms with Gasteiger partial charge >= 0.3 is 0 Å². The molecule has 1 saturated heterocycles. The number of hydrogen-bond acceptors (Lipinski definition) is 4. The van der Waals surface area contributed by atoms with Gasteiger partial charge in [-0.15, -0.1) is 0 Å². The summed E-state index contributed by atoms with van der Waals surface area (Å²) >= 11 is 0. The second kappa shape index (κ2) is 4.06. The second-order valence-electron chi connectivity index (χ2n) is 3.60. The van der Waals surface area contributed by atoms with Crippen LogP contribution in [0.5, 0.6) is 0 Å². The monoisotopic (exact) mass is 196 g/mol. The molecule has 2 rings (SSSR count). The van der Waals surface area contributed by atoms with Gasteiger partial charge in [-0.1, -0.05) is 0 Å². The molecule has 1 unspecified atom stereocenters. The molecule has 5 heteroatoms. The van der Waals surface area contributed by atoms with Gasteiger partial charge in [0.1, 0.15) is 11.6 Å². The molecule has 2 heterocycles. The van der Waals surface area contributed by atoms with Crippen LogP contribution in [0, 0.1) is 6.92 Å². The van der Waals surface area contributed by atoms with Crippen LogP contribution in [0.2, 0.25) is 0 Å². The molecule has 0 spiro atoms. The van der Waals surface area contributed by atoms with Crippen molar-refractivity contribution in [2.45, 2.75) is 19.4 Å². The number of nitrogens with one attached hydrogen (secondary N) is 1. The maximum Gasteiger partial charge on any atom is 0.147 e. The number of ether oxygens (including phenoxy) is 1. The minimum Gasteiger partial charge on any atom is -0.375 e.